The summed E-state index contributed by atoms with van der Waals surface area (Å²) in [5, 5.41) is 25.3. The van der Waals surface area contributed by atoms with Gasteiger partial charge in [-0.2, -0.15) is 0 Å². The maximum absolute atomic E-state index is 14.7. The van der Waals surface area contributed by atoms with Gasteiger partial charge >= 0.3 is 5.97 Å². The Bertz CT molecular complexity index is 2430. The van der Waals surface area contributed by atoms with Crippen LogP contribution < -0.4 is 4.90 Å². The third-order valence-corrected chi connectivity index (χ3v) is 16.7. The van der Waals surface area contributed by atoms with E-state index < -0.39 is 77.8 Å². The van der Waals surface area contributed by atoms with Crippen molar-refractivity contribution in [3.8, 4) is 0 Å². The maximum atomic E-state index is 14.7. The van der Waals surface area contributed by atoms with E-state index in [4.69, 9.17) is 23.7 Å². The van der Waals surface area contributed by atoms with Gasteiger partial charge in [-0.3, -0.25) is 14.4 Å². The Morgan fingerprint density at radius 3 is 2.30 bits per heavy atom. The fraction of sp³-hybridized carbons (Fsp3) is 0.627. The highest BCUT2D eigenvalue weighted by atomic mass is 16.7. The zero-order valence-electron chi connectivity index (χ0n) is 45.0. The van der Waals surface area contributed by atoms with E-state index in [0.29, 0.717) is 38.5 Å². The average molecular weight is 1010 g/mol. The third-order valence-electron chi connectivity index (χ3n) is 16.7. The number of carbonyl (C=O) groups is 4. The number of esters is 1. The number of Topliss-reactive ketones (excluding diaryl/α,β-unsaturated/α-hetero) is 2. The van der Waals surface area contributed by atoms with Crippen molar-refractivity contribution in [2.75, 3.05) is 39.8 Å². The number of nitrogens with zero attached hydrogens (tertiary/aromatic N) is 3. The number of rotatable bonds is 10. The van der Waals surface area contributed by atoms with Crippen LogP contribution in [-0.4, -0.2) is 133 Å². The number of carbonyl (C=O) groups excluding carboxylic acids is 4. The number of allylic oxidation sites excluding steroid dienone is 3. The molecule has 1 aliphatic carbocycles. The quantitative estimate of drug-likeness (QED) is 0.113. The summed E-state index contributed by atoms with van der Waals surface area (Å²) in [6, 6.07) is 18.2. The van der Waals surface area contributed by atoms with E-state index in [1.807, 2.05) is 32.9 Å². The Labute approximate surface area is 433 Å². The molecule has 7 rings (SSSR count). The van der Waals surface area contributed by atoms with Crippen LogP contribution in [0, 0.1) is 29.6 Å². The normalized spacial score (nSPS) is 34.6. The lowest BCUT2D eigenvalue weighted by atomic mass is 9.80. The molecule has 14 heteroatoms. The third kappa shape index (κ3) is 12.7. The van der Waals surface area contributed by atoms with Crippen molar-refractivity contribution in [2.45, 2.75) is 173 Å². The number of anilines is 1. The molecule has 14 nitrogen and oxygen atoms in total. The lowest BCUT2D eigenvalue weighted by molar-refractivity contribution is -0.302. The molecule has 2 bridgehead atoms. The van der Waals surface area contributed by atoms with Gasteiger partial charge in [0.2, 0.25) is 5.79 Å². The lowest BCUT2D eigenvalue weighted by Crippen LogP contribution is -2.64. The number of benzene rings is 2. The van der Waals surface area contributed by atoms with Crippen LogP contribution in [0.3, 0.4) is 0 Å². The van der Waals surface area contributed by atoms with Gasteiger partial charge in [-0.25, -0.2) is 4.79 Å². The smallest absolute Gasteiger partial charge is 0.329 e. The fourth-order valence-electron chi connectivity index (χ4n) is 12.4. The number of piperidine rings is 1. The van der Waals surface area contributed by atoms with E-state index in [1.165, 1.54) is 21.4 Å². The number of aliphatic hydroxyl groups excluding tert-OH is 1. The number of amides is 1. The summed E-state index contributed by atoms with van der Waals surface area (Å²) < 4.78 is 33.1. The van der Waals surface area contributed by atoms with Gasteiger partial charge in [0.15, 0.2) is 0 Å². The van der Waals surface area contributed by atoms with Gasteiger partial charge in [-0.15, -0.1) is 0 Å². The number of likely N-dealkylation sites (N-methyl/N-ethyl adjacent to an activating group) is 1. The molecule has 1 saturated carbocycles. The number of ether oxygens (including phenoxy) is 5. The van der Waals surface area contributed by atoms with Gasteiger partial charge < -0.3 is 48.3 Å². The average Bonchev–Trinajstić information content (AvgIpc) is 3.79. The van der Waals surface area contributed by atoms with Crippen LogP contribution in [0.25, 0.3) is 10.9 Å². The number of aromatic nitrogens is 1. The second kappa shape index (κ2) is 24.8. The van der Waals surface area contributed by atoms with Gasteiger partial charge in [0.05, 0.1) is 30.5 Å². The summed E-state index contributed by atoms with van der Waals surface area (Å²) in [6.45, 7) is 12.3. The number of hydrogen-bond acceptors (Lipinski definition) is 12. The van der Waals surface area contributed by atoms with Crippen LogP contribution in [0.4, 0.5) is 5.69 Å². The molecule has 2 N–H and O–H groups in total. The minimum Gasteiger partial charge on any atom is -0.456 e. The summed E-state index contributed by atoms with van der Waals surface area (Å²) in [7, 11) is 6.96. The van der Waals surface area contributed by atoms with E-state index in [1.54, 1.807) is 35.2 Å². The van der Waals surface area contributed by atoms with Gasteiger partial charge in [0.25, 0.3) is 11.7 Å². The molecule has 4 aliphatic rings. The molecule has 73 heavy (non-hydrogen) atoms. The summed E-state index contributed by atoms with van der Waals surface area (Å²) in [5.41, 5.74) is 5.24. The molecule has 1 aromatic heterocycles. The first-order valence-corrected chi connectivity index (χ1v) is 26.9. The predicted octanol–water partition coefficient (Wildman–Crippen LogP) is 8.62. The Morgan fingerprint density at radius 2 is 1.60 bits per heavy atom. The van der Waals surface area contributed by atoms with Crippen LogP contribution in [0.5, 0.6) is 0 Å². The van der Waals surface area contributed by atoms with Gasteiger partial charge in [-0.1, -0.05) is 75.8 Å². The van der Waals surface area contributed by atoms with E-state index in [2.05, 4.69) is 84.2 Å². The highest BCUT2D eigenvalue weighted by molar-refractivity contribution is 6.39. The van der Waals surface area contributed by atoms with Gasteiger partial charge in [-0.05, 0) is 125 Å². The van der Waals surface area contributed by atoms with Crippen molar-refractivity contribution >= 4 is 40.0 Å². The molecule has 1 amide bonds. The Balaban J connectivity index is 1.15. The zero-order chi connectivity index (χ0) is 52.7. The summed E-state index contributed by atoms with van der Waals surface area (Å²) in [6.07, 6.45) is 7.39. The molecule has 0 spiro atoms. The topological polar surface area (TPSA) is 166 Å². The second-order valence-corrected chi connectivity index (χ2v) is 21.9. The first kappa shape index (κ1) is 56.0. The van der Waals surface area contributed by atoms with Crippen LogP contribution in [0.1, 0.15) is 118 Å². The molecule has 14 unspecified atom stereocenters. The second-order valence-electron chi connectivity index (χ2n) is 21.9. The number of methoxy groups -OCH3 is 3. The Hall–Kier alpha value is -4.70. The minimum absolute atomic E-state index is 0.0295. The van der Waals surface area contributed by atoms with Crippen molar-refractivity contribution < 1.29 is 53.1 Å². The van der Waals surface area contributed by atoms with Crippen molar-refractivity contribution in [3.63, 3.8) is 0 Å². The summed E-state index contributed by atoms with van der Waals surface area (Å²) in [4.78, 5) is 61.2. The summed E-state index contributed by atoms with van der Waals surface area (Å²) >= 11 is 0. The fourth-order valence-corrected chi connectivity index (χ4v) is 12.4. The molecular weight excluding hydrogens is 927 g/mol. The largest absolute Gasteiger partial charge is 0.456 e. The van der Waals surface area contributed by atoms with Crippen molar-refractivity contribution in [2.24, 2.45) is 29.6 Å². The number of ketones is 2. The van der Waals surface area contributed by atoms with E-state index >= 15 is 0 Å². The van der Waals surface area contributed by atoms with Crippen molar-refractivity contribution in [3.05, 3.63) is 89.7 Å². The first-order chi connectivity index (χ1) is 34.9. The Kier molecular flexibility index (Phi) is 19.0. The standard InChI is InChI=1S/C59H83N3O11/c1-11-43-28-36(2)27-37(3)29-52(70-9)55-53(71-10)31-39(5)59(68,73-55)56(65)57(66)62-25-16-15-19-48(62)58(67)72-54(40(6)49(63)34-50(43)64)38(4)30-42-20-22-47(51(32-42)69-8)60(7)45-21-23-46-44(33-45)24-26-61(46)35-41-17-13-12-14-18-41/h12-14,17-18,21,23-24,26,28,30,33,37,39-40,42-43,47-49,51-55,63,68H,11,15-16,19-20,22,25,27,29,31-32,34-35H2,1-10H3/b36-28+,38-30?. The molecule has 0 radical (unpaired) electrons. The van der Waals surface area contributed by atoms with Crippen molar-refractivity contribution in [1.29, 1.82) is 0 Å². The number of hydrogen-bond donors (Lipinski definition) is 2. The van der Waals surface area contributed by atoms with E-state index in [-0.39, 0.29) is 55.6 Å². The molecule has 14 atom stereocenters. The van der Waals surface area contributed by atoms with Crippen LogP contribution >= 0.6 is 0 Å². The number of aliphatic hydroxyl groups is 2. The molecule has 400 valence electrons. The lowest BCUT2D eigenvalue weighted by Gasteiger charge is -2.47. The zero-order valence-corrected chi connectivity index (χ0v) is 45.0. The number of fused-ring (bicyclic) bond motifs is 4. The highest BCUT2D eigenvalue weighted by Gasteiger charge is 2.56. The van der Waals surface area contributed by atoms with E-state index in [0.717, 1.165) is 36.2 Å². The molecule has 4 heterocycles. The molecular formula is C59H83N3O11. The van der Waals surface area contributed by atoms with Crippen LogP contribution in [-0.2, 0) is 49.4 Å². The van der Waals surface area contributed by atoms with Crippen LogP contribution in [0.2, 0.25) is 0 Å². The first-order valence-electron chi connectivity index (χ1n) is 26.9. The monoisotopic (exact) mass is 1010 g/mol. The summed E-state index contributed by atoms with van der Waals surface area (Å²) in [5.74, 6) is -7.43. The molecule has 3 aromatic rings. The maximum Gasteiger partial charge on any atom is 0.329 e. The predicted molar refractivity (Wildman–Crippen MR) is 282 cm³/mol. The number of cyclic esters (lactones) is 1. The SMILES string of the molecule is CCC1/C=C(\C)CC(C)CC(OC)C2OC(O)(C(=O)C(=O)N3CCCCC3C(=O)OC(C(C)=CC3CCC(N(C)c4ccc5c(ccn5Cc5ccccc5)c4)C(OC)C3)C(C)C(O)CC1=O)C(C)CC2OC. The van der Waals surface area contributed by atoms with Crippen molar-refractivity contribution in [1.82, 2.24) is 9.47 Å². The minimum atomic E-state index is -2.51. The highest BCUT2D eigenvalue weighted by Crippen LogP contribution is 2.40. The molecule has 3 aliphatic heterocycles. The van der Waals surface area contributed by atoms with Gasteiger partial charge in [0.1, 0.15) is 24.0 Å². The van der Waals surface area contributed by atoms with Crippen LogP contribution in [0.15, 0.2) is 84.1 Å². The van der Waals surface area contributed by atoms with E-state index in [9.17, 15) is 29.4 Å². The van der Waals surface area contributed by atoms with Gasteiger partial charge in [0, 0.05) is 88.4 Å². The molecule has 2 aromatic carbocycles. The molecule has 3 fully saturated rings. The molecule has 2 saturated heterocycles. The Morgan fingerprint density at radius 1 is 0.890 bits per heavy atom.